The van der Waals surface area contributed by atoms with Crippen LogP contribution >= 0.6 is 11.8 Å². The summed E-state index contributed by atoms with van der Waals surface area (Å²) in [4.78, 5) is 47.4. The summed E-state index contributed by atoms with van der Waals surface area (Å²) in [6.07, 6.45) is 2.50. The number of carbonyl (C=O) groups is 4. The van der Waals surface area contributed by atoms with Crippen LogP contribution in [0.5, 0.6) is 0 Å². The maximum atomic E-state index is 12.6. The summed E-state index contributed by atoms with van der Waals surface area (Å²) in [5.74, 6) is 0.381. The fourth-order valence-electron chi connectivity index (χ4n) is 4.77. The molecule has 3 atom stereocenters. The summed E-state index contributed by atoms with van der Waals surface area (Å²) in [5.41, 5.74) is -0.520. The fourth-order valence-corrected chi connectivity index (χ4v) is 7.25. The van der Waals surface area contributed by atoms with Crippen LogP contribution < -0.4 is 26.6 Å². The van der Waals surface area contributed by atoms with Gasteiger partial charge < -0.3 is 40.8 Å². The van der Waals surface area contributed by atoms with E-state index in [-0.39, 0.29) is 74.0 Å². The second-order valence-corrected chi connectivity index (χ2v) is 14.8. The Hall–Kier alpha value is -3.12. The van der Waals surface area contributed by atoms with Gasteiger partial charge in [0.05, 0.1) is 50.0 Å². The molecular weight excluding hydrogens is 654 g/mol. The van der Waals surface area contributed by atoms with Gasteiger partial charge in [-0.3, -0.25) is 13.8 Å². The van der Waals surface area contributed by atoms with E-state index in [1.165, 1.54) is 24.3 Å². The number of carbonyl (C=O) groups excluding carboxylic acids is 4. The van der Waals surface area contributed by atoms with Gasteiger partial charge in [0.25, 0.3) is 16.0 Å². The van der Waals surface area contributed by atoms with Crippen LogP contribution in [-0.2, 0) is 33.3 Å². The Balaban J connectivity index is 1.17. The molecule has 1 aromatic carbocycles. The van der Waals surface area contributed by atoms with E-state index in [9.17, 15) is 27.6 Å². The molecule has 0 bridgehead atoms. The molecule has 47 heavy (non-hydrogen) atoms. The highest BCUT2D eigenvalue weighted by Crippen LogP contribution is 2.33. The lowest BCUT2D eigenvalue weighted by Crippen LogP contribution is -2.37. The molecule has 0 aliphatic carbocycles. The molecule has 5 amide bonds. The largest absolute Gasteiger partial charge is 0.444 e. The molecule has 2 fully saturated rings. The number of thioether (sulfide) groups is 1. The number of unbranched alkanes of at least 4 members (excludes halogenated alkanes) is 1. The summed E-state index contributed by atoms with van der Waals surface area (Å²) >= 11 is 1.87. The Morgan fingerprint density at radius 2 is 1.66 bits per heavy atom. The van der Waals surface area contributed by atoms with Gasteiger partial charge in [-0.15, -0.1) is 0 Å². The van der Waals surface area contributed by atoms with Crippen molar-refractivity contribution >= 4 is 45.8 Å². The van der Waals surface area contributed by atoms with Crippen molar-refractivity contribution in [1.29, 1.82) is 0 Å². The van der Waals surface area contributed by atoms with Crippen LogP contribution in [-0.4, -0.2) is 114 Å². The van der Waals surface area contributed by atoms with Crippen molar-refractivity contribution < 1.29 is 46.0 Å². The average molecular weight is 702 g/mol. The Kier molecular flexibility index (Phi) is 15.5. The van der Waals surface area contributed by atoms with Crippen LogP contribution in [0, 0.1) is 0 Å². The zero-order chi connectivity index (χ0) is 34.3. The number of amides is 5. The normalized spacial score (nSPS) is 19.0. The van der Waals surface area contributed by atoms with Gasteiger partial charge in [-0.25, -0.2) is 9.59 Å². The molecule has 17 heteroatoms. The predicted octanol–water partition coefficient (Wildman–Crippen LogP) is 1.52. The number of hydrogen-bond acceptors (Lipinski definition) is 11. The lowest BCUT2D eigenvalue weighted by atomic mass is 10.0. The van der Waals surface area contributed by atoms with Crippen molar-refractivity contribution in [3.63, 3.8) is 0 Å². The zero-order valence-electron chi connectivity index (χ0n) is 27.1. The fraction of sp³-hybridized carbons (Fsp3) is 0.667. The molecule has 0 saturated carbocycles. The second-order valence-electron chi connectivity index (χ2n) is 11.9. The Morgan fingerprint density at radius 1 is 0.936 bits per heavy atom. The van der Waals surface area contributed by atoms with Crippen molar-refractivity contribution in [1.82, 2.24) is 26.6 Å². The first kappa shape index (κ1) is 38.3. The third kappa shape index (κ3) is 14.3. The summed E-state index contributed by atoms with van der Waals surface area (Å²) in [6.45, 7) is 6.42. The molecule has 2 saturated heterocycles. The molecule has 2 heterocycles. The number of rotatable bonds is 20. The van der Waals surface area contributed by atoms with E-state index in [1.54, 1.807) is 20.8 Å². The van der Waals surface area contributed by atoms with Crippen LogP contribution in [0.1, 0.15) is 56.8 Å². The first-order valence-corrected chi connectivity index (χ1v) is 18.1. The monoisotopic (exact) mass is 701 g/mol. The maximum Gasteiger partial charge on any atom is 0.407 e. The standard InChI is InChI=1S/C30H47N5O10S2/c1-30(2,3)45-29(39)33-12-11-32-27(37)21-7-6-8-22(19-21)47(40,41)44-18-17-43-16-15-42-14-13-31-25(36)10-5-4-9-24-26-23(20-46-24)34-28(38)35-26/h6-8,19,23-24,26H,4-5,9-18,20H2,1-3H3,(H,31,36)(H,32,37)(H,33,39)(H2,34,35,38)/t23-,24-,26-/m0/s1. The molecule has 0 aromatic heterocycles. The maximum absolute atomic E-state index is 12.6. The van der Waals surface area contributed by atoms with Gasteiger partial charge in [-0.1, -0.05) is 12.5 Å². The number of fused-ring (bicyclic) bond motifs is 1. The minimum absolute atomic E-state index is 0.00774. The highest BCUT2D eigenvalue weighted by Gasteiger charge is 2.42. The lowest BCUT2D eigenvalue weighted by molar-refractivity contribution is -0.121. The number of benzene rings is 1. The third-order valence-electron chi connectivity index (χ3n) is 6.95. The van der Waals surface area contributed by atoms with Gasteiger partial charge in [0.1, 0.15) is 5.60 Å². The van der Waals surface area contributed by atoms with E-state index in [2.05, 4.69) is 26.6 Å². The highest BCUT2D eigenvalue weighted by atomic mass is 32.2. The van der Waals surface area contributed by atoms with Crippen LogP contribution in [0.25, 0.3) is 0 Å². The van der Waals surface area contributed by atoms with Gasteiger partial charge in [0, 0.05) is 42.6 Å². The van der Waals surface area contributed by atoms with Gasteiger partial charge in [0.2, 0.25) is 5.91 Å². The van der Waals surface area contributed by atoms with E-state index in [1.807, 2.05) is 11.8 Å². The van der Waals surface area contributed by atoms with Crippen molar-refractivity contribution in [2.24, 2.45) is 0 Å². The lowest BCUT2D eigenvalue weighted by Gasteiger charge is -2.19. The van der Waals surface area contributed by atoms with Crippen molar-refractivity contribution in [3.8, 4) is 0 Å². The van der Waals surface area contributed by atoms with Crippen molar-refractivity contribution in [2.75, 3.05) is 58.4 Å². The number of hydrogen-bond donors (Lipinski definition) is 5. The number of ether oxygens (including phenoxy) is 3. The van der Waals surface area contributed by atoms with Crippen molar-refractivity contribution in [3.05, 3.63) is 29.8 Å². The molecule has 0 radical (unpaired) electrons. The van der Waals surface area contributed by atoms with E-state index in [0.717, 1.165) is 25.0 Å². The summed E-state index contributed by atoms with van der Waals surface area (Å²) in [7, 11) is -4.13. The Labute approximate surface area is 280 Å². The molecule has 2 aliphatic heterocycles. The quantitative estimate of drug-likeness (QED) is 0.0751. The molecule has 3 rings (SSSR count). The van der Waals surface area contributed by atoms with Crippen LogP contribution in [0.2, 0.25) is 0 Å². The topological polar surface area (TPSA) is 199 Å². The van der Waals surface area contributed by atoms with E-state index >= 15 is 0 Å². The summed E-state index contributed by atoms with van der Waals surface area (Å²) in [6, 6.07) is 5.73. The van der Waals surface area contributed by atoms with Crippen molar-refractivity contribution in [2.45, 2.75) is 74.3 Å². The summed E-state index contributed by atoms with van der Waals surface area (Å²) < 4.78 is 46.1. The first-order chi connectivity index (χ1) is 22.3. The molecule has 0 spiro atoms. The predicted molar refractivity (Wildman–Crippen MR) is 175 cm³/mol. The van der Waals surface area contributed by atoms with Crippen LogP contribution in [0.4, 0.5) is 9.59 Å². The van der Waals surface area contributed by atoms with Gasteiger partial charge >= 0.3 is 12.1 Å². The molecular formula is C30H47N5O10S2. The minimum atomic E-state index is -4.13. The number of nitrogens with one attached hydrogen (secondary N) is 5. The van der Waals surface area contributed by atoms with E-state index < -0.39 is 27.7 Å². The molecule has 15 nitrogen and oxygen atoms in total. The summed E-state index contributed by atoms with van der Waals surface area (Å²) in [5, 5.41) is 14.2. The smallest absolute Gasteiger partial charge is 0.407 e. The van der Waals surface area contributed by atoms with Gasteiger partial charge in [0.15, 0.2) is 0 Å². The average Bonchev–Trinajstić information content (AvgIpc) is 3.56. The minimum Gasteiger partial charge on any atom is -0.444 e. The van der Waals surface area contributed by atoms with Gasteiger partial charge in [-0.2, -0.15) is 20.2 Å². The molecule has 0 unspecified atom stereocenters. The second kappa shape index (κ2) is 19.0. The zero-order valence-corrected chi connectivity index (χ0v) is 28.8. The Morgan fingerprint density at radius 3 is 2.43 bits per heavy atom. The first-order valence-electron chi connectivity index (χ1n) is 15.7. The third-order valence-corrected chi connectivity index (χ3v) is 9.77. The number of urea groups is 1. The number of alkyl carbamates (subject to hydrolysis) is 1. The Bertz CT molecular complexity index is 1310. The molecule has 264 valence electrons. The molecule has 2 aliphatic rings. The molecule has 1 aromatic rings. The van der Waals surface area contributed by atoms with Gasteiger partial charge in [-0.05, 0) is 51.8 Å². The van der Waals surface area contributed by atoms with E-state index in [4.69, 9.17) is 18.4 Å². The highest BCUT2D eigenvalue weighted by molar-refractivity contribution is 8.00. The van der Waals surface area contributed by atoms with E-state index in [0.29, 0.717) is 24.8 Å². The molecule has 5 N–H and O–H groups in total. The SMILES string of the molecule is CC(C)(C)OC(=O)NCCNC(=O)c1cccc(S(=O)(=O)OCCOCCOCCNC(=O)CCCC[C@@H]2SC[C@@H]3NC(=O)N[C@@H]32)c1. The van der Waals surface area contributed by atoms with Crippen LogP contribution in [0.15, 0.2) is 29.2 Å². The van der Waals surface area contributed by atoms with Crippen LogP contribution in [0.3, 0.4) is 0 Å².